The van der Waals surface area contributed by atoms with Crippen LogP contribution in [0.4, 0.5) is 0 Å². The van der Waals surface area contributed by atoms with Crippen LogP contribution in [0, 0.1) is 0 Å². The van der Waals surface area contributed by atoms with Gasteiger partial charge >= 0.3 is 5.97 Å². The Morgan fingerprint density at radius 3 is 2.57 bits per heavy atom. The molecule has 21 heavy (non-hydrogen) atoms. The van der Waals surface area contributed by atoms with Crippen molar-refractivity contribution in [2.75, 3.05) is 39.0 Å². The number of aliphatic carboxylic acids is 1. The van der Waals surface area contributed by atoms with E-state index in [9.17, 15) is 9.59 Å². The molecule has 0 spiro atoms. The maximum Gasteiger partial charge on any atom is 0.317 e. The van der Waals surface area contributed by atoms with E-state index in [2.05, 4.69) is 0 Å². The molecule has 1 heterocycles. The van der Waals surface area contributed by atoms with E-state index >= 15 is 0 Å². The molecule has 1 saturated heterocycles. The Labute approximate surface area is 128 Å². The molecule has 0 bridgehead atoms. The molecule has 6 heteroatoms. The van der Waals surface area contributed by atoms with E-state index < -0.39 is 5.97 Å². The Hall–Kier alpha value is -1.53. The van der Waals surface area contributed by atoms with Gasteiger partial charge in [0.1, 0.15) is 0 Å². The van der Waals surface area contributed by atoms with Gasteiger partial charge in [-0.15, -0.1) is 0 Å². The molecule has 2 rings (SSSR count). The number of thioether (sulfide) groups is 1. The van der Waals surface area contributed by atoms with E-state index in [0.29, 0.717) is 31.7 Å². The van der Waals surface area contributed by atoms with Crippen molar-refractivity contribution < 1.29 is 14.7 Å². The topological polar surface area (TPSA) is 60.9 Å². The minimum absolute atomic E-state index is 0.0351. The van der Waals surface area contributed by atoms with Crippen molar-refractivity contribution in [3.05, 3.63) is 35.4 Å². The highest BCUT2D eigenvalue weighted by atomic mass is 32.2. The number of carboxylic acid groups (broad SMARTS) is 1. The number of carbonyl (C=O) groups is 2. The van der Waals surface area contributed by atoms with Gasteiger partial charge in [-0.25, -0.2) is 0 Å². The first-order valence-electron chi connectivity index (χ1n) is 6.91. The zero-order valence-corrected chi connectivity index (χ0v) is 12.9. The number of benzene rings is 1. The fourth-order valence-electron chi connectivity index (χ4n) is 2.44. The summed E-state index contributed by atoms with van der Waals surface area (Å²) in [6, 6.07) is 7.73. The van der Waals surface area contributed by atoms with E-state index in [4.69, 9.17) is 5.11 Å². The number of nitrogens with zero attached hydrogens (tertiary/aromatic N) is 2. The summed E-state index contributed by atoms with van der Waals surface area (Å²) in [6.07, 6.45) is 2.04. The third-order valence-electron chi connectivity index (χ3n) is 3.50. The van der Waals surface area contributed by atoms with Crippen LogP contribution in [0.1, 0.15) is 15.9 Å². The molecule has 114 valence electrons. The third kappa shape index (κ3) is 4.47. The lowest BCUT2D eigenvalue weighted by molar-refractivity contribution is -0.138. The maximum atomic E-state index is 12.5. The minimum Gasteiger partial charge on any atom is -0.480 e. The standard InChI is InChI=1S/C15H20N2O3S/c1-21-11-12-3-2-4-13(9-12)15(20)17-7-5-16(6-8-17)10-14(18)19/h2-4,9H,5-8,10-11H2,1H3,(H,18,19). The summed E-state index contributed by atoms with van der Waals surface area (Å²) in [5.41, 5.74) is 1.87. The van der Waals surface area contributed by atoms with Gasteiger partial charge in [-0.1, -0.05) is 12.1 Å². The highest BCUT2D eigenvalue weighted by molar-refractivity contribution is 7.97. The monoisotopic (exact) mass is 308 g/mol. The number of rotatable bonds is 5. The Balaban J connectivity index is 1.95. The second-order valence-electron chi connectivity index (χ2n) is 5.10. The molecule has 1 aliphatic rings. The van der Waals surface area contributed by atoms with Gasteiger partial charge in [-0.3, -0.25) is 14.5 Å². The summed E-state index contributed by atoms with van der Waals surface area (Å²) in [6.45, 7) is 2.44. The fourth-order valence-corrected chi connectivity index (χ4v) is 2.96. The van der Waals surface area contributed by atoms with Crippen LogP contribution in [-0.4, -0.2) is 65.8 Å². The highest BCUT2D eigenvalue weighted by Crippen LogP contribution is 2.14. The first-order chi connectivity index (χ1) is 10.1. The third-order valence-corrected chi connectivity index (χ3v) is 4.13. The molecule has 1 aromatic rings. The number of piperazine rings is 1. The smallest absolute Gasteiger partial charge is 0.317 e. The zero-order chi connectivity index (χ0) is 15.2. The van der Waals surface area contributed by atoms with Gasteiger partial charge in [0.15, 0.2) is 0 Å². The molecule has 0 atom stereocenters. The summed E-state index contributed by atoms with van der Waals surface area (Å²) < 4.78 is 0. The lowest BCUT2D eigenvalue weighted by Crippen LogP contribution is -2.49. The van der Waals surface area contributed by atoms with Crippen molar-refractivity contribution in [2.45, 2.75) is 5.75 Å². The van der Waals surface area contributed by atoms with Gasteiger partial charge in [0.05, 0.1) is 6.54 Å². The fraction of sp³-hybridized carbons (Fsp3) is 0.467. The van der Waals surface area contributed by atoms with Crippen molar-refractivity contribution in [1.82, 2.24) is 9.80 Å². The van der Waals surface area contributed by atoms with E-state index in [1.165, 1.54) is 0 Å². The van der Waals surface area contributed by atoms with Crippen LogP contribution in [0.25, 0.3) is 0 Å². The van der Waals surface area contributed by atoms with Crippen molar-refractivity contribution in [2.24, 2.45) is 0 Å². The van der Waals surface area contributed by atoms with Crippen LogP contribution in [-0.2, 0) is 10.5 Å². The second-order valence-corrected chi connectivity index (χ2v) is 5.96. The summed E-state index contributed by atoms with van der Waals surface area (Å²) in [7, 11) is 0. The van der Waals surface area contributed by atoms with Gasteiger partial charge < -0.3 is 10.0 Å². The van der Waals surface area contributed by atoms with E-state index in [1.807, 2.05) is 35.4 Å². The van der Waals surface area contributed by atoms with E-state index in [-0.39, 0.29) is 12.5 Å². The Morgan fingerprint density at radius 1 is 1.24 bits per heavy atom. The highest BCUT2D eigenvalue weighted by Gasteiger charge is 2.23. The average molecular weight is 308 g/mol. The SMILES string of the molecule is CSCc1cccc(C(=O)N2CCN(CC(=O)O)CC2)c1. The zero-order valence-electron chi connectivity index (χ0n) is 12.1. The van der Waals surface area contributed by atoms with Gasteiger partial charge in [-0.2, -0.15) is 11.8 Å². The van der Waals surface area contributed by atoms with Crippen LogP contribution in [0.5, 0.6) is 0 Å². The molecule has 0 saturated carbocycles. The minimum atomic E-state index is -0.820. The first-order valence-corrected chi connectivity index (χ1v) is 8.31. The molecule has 0 radical (unpaired) electrons. The predicted molar refractivity (Wildman–Crippen MR) is 83.6 cm³/mol. The van der Waals surface area contributed by atoms with Gasteiger partial charge in [0.25, 0.3) is 5.91 Å². The normalized spacial score (nSPS) is 16.0. The second kappa shape index (κ2) is 7.47. The lowest BCUT2D eigenvalue weighted by Gasteiger charge is -2.33. The van der Waals surface area contributed by atoms with Crippen molar-refractivity contribution in [3.8, 4) is 0 Å². The number of hydrogen-bond donors (Lipinski definition) is 1. The van der Waals surface area contributed by atoms with E-state index in [1.54, 1.807) is 16.7 Å². The van der Waals surface area contributed by atoms with Crippen LogP contribution in [0.3, 0.4) is 0 Å². The molecular formula is C15H20N2O3S. The van der Waals surface area contributed by atoms with Crippen molar-refractivity contribution >= 4 is 23.6 Å². The summed E-state index contributed by atoms with van der Waals surface area (Å²) in [4.78, 5) is 26.8. The first kappa shape index (κ1) is 15.9. The van der Waals surface area contributed by atoms with Gasteiger partial charge in [-0.05, 0) is 24.0 Å². The molecule has 1 aromatic carbocycles. The molecule has 1 amide bonds. The largest absolute Gasteiger partial charge is 0.480 e. The van der Waals surface area contributed by atoms with Crippen LogP contribution in [0.2, 0.25) is 0 Å². The number of hydrogen-bond acceptors (Lipinski definition) is 4. The lowest BCUT2D eigenvalue weighted by atomic mass is 10.1. The van der Waals surface area contributed by atoms with Gasteiger partial charge in [0, 0.05) is 37.5 Å². The number of carboxylic acids is 1. The quantitative estimate of drug-likeness (QED) is 0.891. The average Bonchev–Trinajstić information content (AvgIpc) is 2.47. The Kier molecular flexibility index (Phi) is 5.64. The van der Waals surface area contributed by atoms with E-state index in [0.717, 1.165) is 11.3 Å². The van der Waals surface area contributed by atoms with Crippen LogP contribution < -0.4 is 0 Å². The molecule has 1 N–H and O–H groups in total. The van der Waals surface area contributed by atoms with Crippen molar-refractivity contribution in [1.29, 1.82) is 0 Å². The summed E-state index contributed by atoms with van der Waals surface area (Å²) in [5.74, 6) is 0.112. The molecule has 0 aliphatic carbocycles. The summed E-state index contributed by atoms with van der Waals surface area (Å²) >= 11 is 1.73. The number of amides is 1. The maximum absolute atomic E-state index is 12.5. The van der Waals surface area contributed by atoms with Gasteiger partial charge in [0.2, 0.25) is 0 Å². The molecular weight excluding hydrogens is 288 g/mol. The van der Waals surface area contributed by atoms with Crippen LogP contribution in [0.15, 0.2) is 24.3 Å². The van der Waals surface area contributed by atoms with Crippen molar-refractivity contribution in [3.63, 3.8) is 0 Å². The summed E-state index contributed by atoms with van der Waals surface area (Å²) in [5, 5.41) is 8.78. The predicted octanol–water partition coefficient (Wildman–Crippen LogP) is 1.39. The molecule has 0 unspecified atom stereocenters. The molecule has 5 nitrogen and oxygen atoms in total. The molecule has 1 aliphatic heterocycles. The molecule has 0 aromatic heterocycles. The Bertz CT molecular complexity index is 513. The Morgan fingerprint density at radius 2 is 1.95 bits per heavy atom. The molecule has 1 fully saturated rings. The number of carbonyl (C=O) groups excluding carboxylic acids is 1. The van der Waals surface area contributed by atoms with Crippen LogP contribution >= 0.6 is 11.8 Å².